The fourth-order valence-corrected chi connectivity index (χ4v) is 2.40. The van der Waals surface area contributed by atoms with Crippen molar-refractivity contribution in [1.82, 2.24) is 0 Å². The Hall–Kier alpha value is -2.27. The second-order valence-electron chi connectivity index (χ2n) is 4.96. The van der Waals surface area contributed by atoms with Crippen molar-refractivity contribution in [3.8, 4) is 0 Å². The van der Waals surface area contributed by atoms with Gasteiger partial charge in [-0.3, -0.25) is 0 Å². The van der Waals surface area contributed by atoms with Crippen molar-refractivity contribution in [2.75, 3.05) is 6.26 Å². The van der Waals surface area contributed by atoms with E-state index in [0.717, 1.165) is 11.3 Å². The number of hydrogen-bond donors (Lipinski definition) is 2. The van der Waals surface area contributed by atoms with E-state index in [1.807, 2.05) is 12.1 Å². The van der Waals surface area contributed by atoms with E-state index < -0.39 is 0 Å². The Morgan fingerprint density at radius 3 is 2.14 bits per heavy atom. The first-order valence-corrected chi connectivity index (χ1v) is 8.16. The molecule has 0 atom stereocenters. The number of thioether (sulfide) groups is 1. The van der Waals surface area contributed by atoms with Crippen LogP contribution in [0.3, 0.4) is 0 Å². The molecule has 0 saturated carbocycles. The van der Waals surface area contributed by atoms with E-state index in [0.29, 0.717) is 6.42 Å². The van der Waals surface area contributed by atoms with Crippen molar-refractivity contribution in [2.45, 2.75) is 18.2 Å². The second kappa shape index (κ2) is 7.66. The number of guanidine groups is 1. The van der Waals surface area contributed by atoms with E-state index >= 15 is 0 Å². The summed E-state index contributed by atoms with van der Waals surface area (Å²) in [6.45, 7) is 2.07. The molecule has 0 unspecified atom stereocenters. The minimum Gasteiger partial charge on any atom is -0.369 e. The van der Waals surface area contributed by atoms with Crippen LogP contribution in [0, 0.1) is 6.92 Å². The van der Waals surface area contributed by atoms with Crippen molar-refractivity contribution < 1.29 is 0 Å². The standard InChI is InChI=1S/C17H20N4S/c1-12-3-5-13(6-4-12)11-16(20-21-17(18)19)14-7-9-15(22-2)10-8-14/h3-10H,11H2,1-2H3,(H4,18,19,21). The van der Waals surface area contributed by atoms with E-state index in [9.17, 15) is 0 Å². The van der Waals surface area contributed by atoms with Gasteiger partial charge in [-0.15, -0.1) is 16.9 Å². The highest BCUT2D eigenvalue weighted by Gasteiger charge is 2.06. The largest absolute Gasteiger partial charge is 0.369 e. The molecule has 0 spiro atoms. The summed E-state index contributed by atoms with van der Waals surface area (Å²) in [4.78, 5) is 1.21. The minimum atomic E-state index is -0.0397. The van der Waals surface area contributed by atoms with Crippen molar-refractivity contribution in [3.63, 3.8) is 0 Å². The van der Waals surface area contributed by atoms with Gasteiger partial charge in [-0.2, -0.15) is 5.10 Å². The monoisotopic (exact) mass is 312 g/mol. The smallest absolute Gasteiger partial charge is 0.211 e. The number of benzene rings is 2. The highest BCUT2D eigenvalue weighted by atomic mass is 32.2. The lowest BCUT2D eigenvalue weighted by Gasteiger charge is -2.07. The Balaban J connectivity index is 2.31. The Morgan fingerprint density at radius 1 is 0.955 bits per heavy atom. The molecule has 2 aromatic carbocycles. The first-order chi connectivity index (χ1) is 10.6. The highest BCUT2D eigenvalue weighted by molar-refractivity contribution is 7.98. The summed E-state index contributed by atoms with van der Waals surface area (Å²) in [7, 11) is 0. The average molecular weight is 312 g/mol. The molecule has 5 heteroatoms. The minimum absolute atomic E-state index is 0.0397. The lowest BCUT2D eigenvalue weighted by Crippen LogP contribution is -2.22. The maximum absolute atomic E-state index is 5.40. The van der Waals surface area contributed by atoms with Crippen molar-refractivity contribution in [1.29, 1.82) is 0 Å². The molecular formula is C17H20N4S. The summed E-state index contributed by atoms with van der Waals surface area (Å²) in [6.07, 6.45) is 2.73. The average Bonchev–Trinajstić information content (AvgIpc) is 2.53. The predicted molar refractivity (Wildman–Crippen MR) is 95.5 cm³/mol. The van der Waals surface area contributed by atoms with Crippen LogP contribution in [0.2, 0.25) is 0 Å². The van der Waals surface area contributed by atoms with Gasteiger partial charge in [-0.05, 0) is 36.4 Å². The predicted octanol–water partition coefficient (Wildman–Crippen LogP) is 2.94. The number of rotatable bonds is 5. The zero-order valence-corrected chi connectivity index (χ0v) is 13.6. The molecule has 114 valence electrons. The van der Waals surface area contributed by atoms with Crippen LogP contribution in [-0.2, 0) is 6.42 Å². The number of hydrogen-bond acceptors (Lipinski definition) is 3. The van der Waals surface area contributed by atoms with Crippen LogP contribution in [0.4, 0.5) is 0 Å². The van der Waals surface area contributed by atoms with E-state index in [2.05, 4.69) is 59.8 Å². The van der Waals surface area contributed by atoms with E-state index in [4.69, 9.17) is 11.5 Å². The third-order valence-corrected chi connectivity index (χ3v) is 3.95. The molecule has 0 aliphatic rings. The molecule has 22 heavy (non-hydrogen) atoms. The molecule has 4 nitrogen and oxygen atoms in total. The molecule has 0 bridgehead atoms. The summed E-state index contributed by atoms with van der Waals surface area (Å²) >= 11 is 1.71. The molecule has 0 aliphatic heterocycles. The topological polar surface area (TPSA) is 76.8 Å². The maximum atomic E-state index is 5.40. The molecule has 0 amide bonds. The van der Waals surface area contributed by atoms with Crippen LogP contribution in [0.25, 0.3) is 0 Å². The third kappa shape index (κ3) is 4.63. The van der Waals surface area contributed by atoms with Crippen LogP contribution in [0.5, 0.6) is 0 Å². The van der Waals surface area contributed by atoms with Gasteiger partial charge in [0.25, 0.3) is 0 Å². The maximum Gasteiger partial charge on any atom is 0.211 e. The van der Waals surface area contributed by atoms with Crippen LogP contribution in [-0.4, -0.2) is 17.9 Å². The van der Waals surface area contributed by atoms with Crippen molar-refractivity contribution in [2.24, 2.45) is 21.7 Å². The van der Waals surface area contributed by atoms with Crippen LogP contribution in [0.15, 0.2) is 63.6 Å². The van der Waals surface area contributed by atoms with Crippen LogP contribution < -0.4 is 11.5 Å². The van der Waals surface area contributed by atoms with Gasteiger partial charge in [-0.1, -0.05) is 42.0 Å². The van der Waals surface area contributed by atoms with Gasteiger partial charge < -0.3 is 11.5 Å². The first-order valence-electron chi connectivity index (χ1n) is 6.94. The lowest BCUT2D eigenvalue weighted by atomic mass is 10.0. The first kappa shape index (κ1) is 16.1. The number of aryl methyl sites for hydroxylation is 1. The summed E-state index contributed by atoms with van der Waals surface area (Å²) < 4.78 is 0. The van der Waals surface area contributed by atoms with Gasteiger partial charge in [0.2, 0.25) is 5.96 Å². The van der Waals surface area contributed by atoms with Gasteiger partial charge in [-0.25, -0.2) is 0 Å². The van der Waals surface area contributed by atoms with Gasteiger partial charge in [0, 0.05) is 11.3 Å². The van der Waals surface area contributed by atoms with Crippen molar-refractivity contribution in [3.05, 3.63) is 65.2 Å². The summed E-state index contributed by atoms with van der Waals surface area (Å²) in [6, 6.07) is 16.6. The van der Waals surface area contributed by atoms with Gasteiger partial charge in [0.05, 0.1) is 5.71 Å². The molecule has 2 aromatic rings. The molecule has 0 heterocycles. The highest BCUT2D eigenvalue weighted by Crippen LogP contribution is 2.17. The van der Waals surface area contributed by atoms with Crippen LogP contribution >= 0.6 is 11.8 Å². The lowest BCUT2D eigenvalue weighted by molar-refractivity contribution is 1.16. The zero-order valence-electron chi connectivity index (χ0n) is 12.8. The normalized spacial score (nSPS) is 11.3. The Labute approximate surface area is 135 Å². The molecule has 0 radical (unpaired) electrons. The molecule has 0 aliphatic carbocycles. The Bertz CT molecular complexity index is 669. The molecule has 0 saturated heterocycles. The van der Waals surface area contributed by atoms with Crippen molar-refractivity contribution >= 4 is 23.4 Å². The zero-order chi connectivity index (χ0) is 15.9. The van der Waals surface area contributed by atoms with Gasteiger partial charge >= 0.3 is 0 Å². The number of nitrogens with zero attached hydrogens (tertiary/aromatic N) is 2. The molecule has 4 N–H and O–H groups in total. The van der Waals surface area contributed by atoms with Crippen LogP contribution in [0.1, 0.15) is 16.7 Å². The second-order valence-corrected chi connectivity index (χ2v) is 5.84. The van der Waals surface area contributed by atoms with Gasteiger partial charge in [0.15, 0.2) is 0 Å². The number of nitrogens with two attached hydrogens (primary N) is 2. The molecule has 0 fully saturated rings. The quantitative estimate of drug-likeness (QED) is 0.386. The Kier molecular flexibility index (Phi) is 5.61. The van der Waals surface area contributed by atoms with E-state index in [1.165, 1.54) is 16.0 Å². The fraction of sp³-hybridized carbons (Fsp3) is 0.176. The Morgan fingerprint density at radius 2 is 1.59 bits per heavy atom. The van der Waals surface area contributed by atoms with E-state index in [1.54, 1.807) is 11.8 Å². The SMILES string of the molecule is CSc1ccc(C(Cc2ccc(C)cc2)=NN=C(N)N)cc1. The van der Waals surface area contributed by atoms with E-state index in [-0.39, 0.29) is 5.96 Å². The summed E-state index contributed by atoms with van der Waals surface area (Å²) in [5.74, 6) is -0.0397. The summed E-state index contributed by atoms with van der Waals surface area (Å²) in [5.41, 5.74) is 15.0. The molecule has 2 rings (SSSR count). The fourth-order valence-electron chi connectivity index (χ4n) is 2.00. The summed E-state index contributed by atoms with van der Waals surface area (Å²) in [5, 5.41) is 8.03. The molecule has 0 aromatic heterocycles. The third-order valence-electron chi connectivity index (χ3n) is 3.20. The van der Waals surface area contributed by atoms with Gasteiger partial charge in [0.1, 0.15) is 0 Å². The molecular weight excluding hydrogens is 292 g/mol.